The van der Waals surface area contributed by atoms with E-state index >= 15 is 0 Å². The summed E-state index contributed by atoms with van der Waals surface area (Å²) < 4.78 is 11.1. The predicted molar refractivity (Wildman–Crippen MR) is 108 cm³/mol. The standard InChI is InChI=1S/C21H31N5O4/c1-29-7-6-24-19(27)9-18-21-14(8-20(28)25-15-2-3-15)11-26(17(21)13-30-18)12-16-10-22-4-5-23-16/h4-5,10,14-15,17-18,21H,2-3,6-9,11-13H2,1H3,(H,24,27)(H,25,28)/t14-,17-,18+,21-/m1/s1. The molecule has 0 radical (unpaired) electrons. The molecule has 0 aromatic carbocycles. The van der Waals surface area contributed by atoms with E-state index in [-0.39, 0.29) is 35.8 Å². The lowest BCUT2D eigenvalue weighted by atomic mass is 9.84. The number of hydrogen-bond acceptors (Lipinski definition) is 7. The molecule has 1 saturated carbocycles. The Bertz CT molecular complexity index is 729. The van der Waals surface area contributed by atoms with Crippen molar-refractivity contribution in [3.8, 4) is 0 Å². The third kappa shape index (κ3) is 5.33. The van der Waals surface area contributed by atoms with Crippen molar-refractivity contribution in [2.45, 2.75) is 50.4 Å². The second-order valence-electron chi connectivity index (χ2n) is 8.50. The van der Waals surface area contributed by atoms with E-state index in [1.807, 2.05) is 0 Å². The molecular weight excluding hydrogens is 386 g/mol. The number of nitrogens with zero attached hydrogens (tertiary/aromatic N) is 3. The lowest BCUT2D eigenvalue weighted by molar-refractivity contribution is -0.124. The zero-order chi connectivity index (χ0) is 20.9. The van der Waals surface area contributed by atoms with E-state index in [1.54, 1.807) is 25.7 Å². The molecule has 4 atom stereocenters. The number of amides is 2. The maximum absolute atomic E-state index is 12.5. The first kappa shape index (κ1) is 21.1. The quantitative estimate of drug-likeness (QED) is 0.521. The smallest absolute Gasteiger partial charge is 0.222 e. The van der Waals surface area contributed by atoms with Gasteiger partial charge < -0.3 is 20.1 Å². The molecule has 4 rings (SSSR count). The van der Waals surface area contributed by atoms with Crippen LogP contribution in [0.4, 0.5) is 0 Å². The van der Waals surface area contributed by atoms with Crippen LogP contribution < -0.4 is 10.6 Å². The van der Waals surface area contributed by atoms with Gasteiger partial charge in [-0.15, -0.1) is 0 Å². The fourth-order valence-electron chi connectivity index (χ4n) is 4.71. The van der Waals surface area contributed by atoms with Crippen LogP contribution in [0.5, 0.6) is 0 Å². The van der Waals surface area contributed by atoms with Gasteiger partial charge in [0.05, 0.1) is 31.4 Å². The molecule has 9 nitrogen and oxygen atoms in total. The number of ether oxygens (including phenoxy) is 2. The summed E-state index contributed by atoms with van der Waals surface area (Å²) in [5, 5.41) is 5.98. The second-order valence-corrected chi connectivity index (χ2v) is 8.50. The van der Waals surface area contributed by atoms with Gasteiger partial charge in [0.15, 0.2) is 0 Å². The number of hydrogen-bond donors (Lipinski definition) is 2. The van der Waals surface area contributed by atoms with E-state index in [0.717, 1.165) is 25.1 Å². The van der Waals surface area contributed by atoms with E-state index in [2.05, 4.69) is 25.5 Å². The van der Waals surface area contributed by atoms with Crippen LogP contribution >= 0.6 is 0 Å². The highest BCUT2D eigenvalue weighted by atomic mass is 16.5. The van der Waals surface area contributed by atoms with E-state index in [1.165, 1.54) is 0 Å². The van der Waals surface area contributed by atoms with Crippen molar-refractivity contribution in [2.24, 2.45) is 11.8 Å². The Hall–Kier alpha value is -2.10. The van der Waals surface area contributed by atoms with Crippen LogP contribution in [0, 0.1) is 11.8 Å². The van der Waals surface area contributed by atoms with Crippen molar-refractivity contribution in [1.82, 2.24) is 25.5 Å². The average Bonchev–Trinajstić information content (AvgIpc) is 3.34. The monoisotopic (exact) mass is 417 g/mol. The third-order valence-electron chi connectivity index (χ3n) is 6.22. The Morgan fingerprint density at radius 3 is 2.87 bits per heavy atom. The molecule has 1 aromatic rings. The summed E-state index contributed by atoms with van der Waals surface area (Å²) >= 11 is 0. The molecule has 2 aliphatic heterocycles. The fraction of sp³-hybridized carbons (Fsp3) is 0.714. The normalized spacial score (nSPS) is 28.3. The molecule has 1 aromatic heterocycles. The van der Waals surface area contributed by atoms with Gasteiger partial charge in [-0.3, -0.25) is 24.5 Å². The molecule has 164 valence electrons. The fourth-order valence-corrected chi connectivity index (χ4v) is 4.71. The summed E-state index contributed by atoms with van der Waals surface area (Å²) in [6.07, 6.45) is 7.90. The first-order chi connectivity index (χ1) is 14.6. The molecule has 1 aliphatic carbocycles. The SMILES string of the molecule is COCCNC(=O)C[C@@H]1OC[C@@H]2[C@H]1[C@H](CC(=O)NC1CC1)CN2Cc1cnccn1. The van der Waals surface area contributed by atoms with Crippen molar-refractivity contribution in [3.05, 3.63) is 24.3 Å². The van der Waals surface area contributed by atoms with Crippen LogP contribution in [0.2, 0.25) is 0 Å². The first-order valence-electron chi connectivity index (χ1n) is 10.8. The van der Waals surface area contributed by atoms with Gasteiger partial charge in [-0.2, -0.15) is 0 Å². The Morgan fingerprint density at radius 2 is 2.13 bits per heavy atom. The molecule has 0 unspecified atom stereocenters. The van der Waals surface area contributed by atoms with Crippen LogP contribution in [-0.4, -0.2) is 78.3 Å². The number of fused-ring (bicyclic) bond motifs is 1. The van der Waals surface area contributed by atoms with Gasteiger partial charge in [-0.1, -0.05) is 0 Å². The molecule has 2 amide bonds. The van der Waals surface area contributed by atoms with E-state index in [9.17, 15) is 9.59 Å². The minimum atomic E-state index is -0.178. The number of carbonyl (C=O) groups is 2. The molecule has 30 heavy (non-hydrogen) atoms. The van der Waals surface area contributed by atoms with Crippen LogP contribution in [0.3, 0.4) is 0 Å². The molecule has 3 aliphatic rings. The Labute approximate surface area is 176 Å². The third-order valence-corrected chi connectivity index (χ3v) is 6.22. The number of rotatable bonds is 10. The average molecular weight is 418 g/mol. The van der Waals surface area contributed by atoms with Gasteiger partial charge in [-0.25, -0.2) is 0 Å². The molecule has 3 fully saturated rings. The largest absolute Gasteiger partial charge is 0.383 e. The van der Waals surface area contributed by atoms with Crippen molar-refractivity contribution < 1.29 is 19.1 Å². The van der Waals surface area contributed by atoms with Crippen LogP contribution in [0.15, 0.2) is 18.6 Å². The molecule has 0 spiro atoms. The molecule has 2 saturated heterocycles. The van der Waals surface area contributed by atoms with Crippen molar-refractivity contribution in [2.75, 3.05) is 33.4 Å². The Balaban J connectivity index is 1.41. The molecule has 0 bridgehead atoms. The number of likely N-dealkylation sites (tertiary alicyclic amines) is 1. The topological polar surface area (TPSA) is 106 Å². The van der Waals surface area contributed by atoms with Gasteiger partial charge in [-0.05, 0) is 18.8 Å². The van der Waals surface area contributed by atoms with Crippen LogP contribution in [-0.2, 0) is 25.6 Å². The van der Waals surface area contributed by atoms with E-state index in [0.29, 0.717) is 45.2 Å². The summed E-state index contributed by atoms with van der Waals surface area (Å²) in [6.45, 7) is 3.02. The lowest BCUT2D eigenvalue weighted by Crippen LogP contribution is -2.36. The molecular formula is C21H31N5O4. The number of carbonyl (C=O) groups excluding carboxylic acids is 2. The van der Waals surface area contributed by atoms with E-state index < -0.39 is 0 Å². The van der Waals surface area contributed by atoms with Gasteiger partial charge >= 0.3 is 0 Å². The summed E-state index contributed by atoms with van der Waals surface area (Å²) in [4.78, 5) is 35.8. The Morgan fingerprint density at radius 1 is 1.27 bits per heavy atom. The highest BCUT2D eigenvalue weighted by Crippen LogP contribution is 2.42. The van der Waals surface area contributed by atoms with Gasteiger partial charge in [0.25, 0.3) is 0 Å². The zero-order valence-electron chi connectivity index (χ0n) is 17.5. The summed E-state index contributed by atoms with van der Waals surface area (Å²) in [5.74, 6) is 0.383. The second kappa shape index (κ2) is 9.80. The maximum atomic E-state index is 12.5. The summed E-state index contributed by atoms with van der Waals surface area (Å²) in [6, 6.07) is 0.537. The van der Waals surface area contributed by atoms with Crippen molar-refractivity contribution in [3.63, 3.8) is 0 Å². The van der Waals surface area contributed by atoms with Gasteiger partial charge in [0.1, 0.15) is 0 Å². The Kier molecular flexibility index (Phi) is 6.91. The van der Waals surface area contributed by atoms with Crippen LogP contribution in [0.25, 0.3) is 0 Å². The predicted octanol–water partition coefficient (Wildman–Crippen LogP) is 0.113. The summed E-state index contributed by atoms with van der Waals surface area (Å²) in [5.41, 5.74) is 0.903. The summed E-state index contributed by atoms with van der Waals surface area (Å²) in [7, 11) is 1.61. The van der Waals surface area contributed by atoms with Gasteiger partial charge in [0.2, 0.25) is 11.8 Å². The molecule has 3 heterocycles. The van der Waals surface area contributed by atoms with E-state index in [4.69, 9.17) is 9.47 Å². The minimum absolute atomic E-state index is 0.0359. The lowest BCUT2D eigenvalue weighted by Gasteiger charge is -2.23. The van der Waals surface area contributed by atoms with Crippen molar-refractivity contribution in [1.29, 1.82) is 0 Å². The maximum Gasteiger partial charge on any atom is 0.222 e. The van der Waals surface area contributed by atoms with Crippen molar-refractivity contribution >= 4 is 11.8 Å². The van der Waals surface area contributed by atoms with Gasteiger partial charge in [0, 0.05) is 69.8 Å². The zero-order valence-corrected chi connectivity index (χ0v) is 17.5. The van der Waals surface area contributed by atoms with Crippen LogP contribution in [0.1, 0.15) is 31.4 Å². The first-order valence-corrected chi connectivity index (χ1v) is 10.8. The molecule has 9 heteroatoms. The number of methoxy groups -OCH3 is 1. The highest BCUT2D eigenvalue weighted by Gasteiger charge is 2.51. The number of aromatic nitrogens is 2. The minimum Gasteiger partial charge on any atom is -0.383 e. The molecule has 2 N–H and O–H groups in total. The highest BCUT2D eigenvalue weighted by molar-refractivity contribution is 5.77. The number of nitrogens with one attached hydrogen (secondary N) is 2.